The van der Waals surface area contributed by atoms with E-state index in [2.05, 4.69) is 20.6 Å². The molecule has 194 valence electrons. The summed E-state index contributed by atoms with van der Waals surface area (Å²) in [4.78, 5) is 35.6. The van der Waals surface area contributed by atoms with Gasteiger partial charge in [0.2, 0.25) is 11.8 Å². The van der Waals surface area contributed by atoms with Crippen molar-refractivity contribution in [2.75, 3.05) is 18.4 Å². The van der Waals surface area contributed by atoms with Crippen LogP contribution < -0.4 is 21.1 Å². The highest BCUT2D eigenvalue weighted by molar-refractivity contribution is 7.80. The van der Waals surface area contributed by atoms with Crippen molar-refractivity contribution in [1.29, 1.82) is 0 Å². The van der Waals surface area contributed by atoms with Crippen LogP contribution in [0, 0.1) is 5.82 Å². The molecule has 5 rings (SSSR count). The highest BCUT2D eigenvalue weighted by Gasteiger charge is 2.26. The molecule has 0 radical (unpaired) electrons. The van der Waals surface area contributed by atoms with Crippen molar-refractivity contribution < 1.29 is 18.7 Å². The summed E-state index contributed by atoms with van der Waals surface area (Å²) in [5.74, 6) is -1.01. The van der Waals surface area contributed by atoms with Gasteiger partial charge in [-0.2, -0.15) is 0 Å². The van der Waals surface area contributed by atoms with Crippen molar-refractivity contribution in [3.05, 3.63) is 77.2 Å². The van der Waals surface area contributed by atoms with Crippen molar-refractivity contribution in [3.8, 4) is 11.6 Å². The molecular weight excluding hydrogens is 527 g/mol. The normalized spacial score (nSPS) is 14.9. The number of halogens is 1. The molecule has 1 fully saturated rings. The predicted octanol–water partition coefficient (Wildman–Crippen LogP) is 3.85. The second-order valence-corrected chi connectivity index (χ2v) is 10.2. The summed E-state index contributed by atoms with van der Waals surface area (Å²) in [7, 11) is 0. The fraction of sp³-hybridized carbons (Fsp3) is 0.192. The average molecular weight is 551 g/mol. The van der Waals surface area contributed by atoms with Gasteiger partial charge in [-0.25, -0.2) is 14.4 Å². The zero-order valence-electron chi connectivity index (χ0n) is 20.0. The first kappa shape index (κ1) is 25.6. The zero-order chi connectivity index (χ0) is 26.6. The minimum Gasteiger partial charge on any atom is -0.434 e. The molecule has 2 amide bonds. The standard InChI is InChI=1S/C26H23FN6O3S2/c27-18-11-17(31-26(37)32-22(34)10-15-4-2-1-3-5-15)6-7-20(18)36-24-23-19(29-14-30-24)12-21(38-23)25(35)33-9-8-16(28)13-33/h1-7,11-12,14,16H,8-10,13,28H2,(H2,31,32,34,37). The number of rotatable bonds is 6. The van der Waals surface area contributed by atoms with Crippen LogP contribution in [0.5, 0.6) is 11.6 Å². The van der Waals surface area contributed by atoms with Crippen LogP contribution >= 0.6 is 23.6 Å². The Balaban J connectivity index is 1.24. The van der Waals surface area contributed by atoms with E-state index < -0.39 is 5.82 Å². The number of amides is 2. The van der Waals surface area contributed by atoms with E-state index in [0.717, 1.165) is 12.0 Å². The van der Waals surface area contributed by atoms with Crippen LogP contribution in [0.15, 0.2) is 60.9 Å². The third-order valence-electron chi connectivity index (χ3n) is 5.86. The van der Waals surface area contributed by atoms with Gasteiger partial charge < -0.3 is 26.0 Å². The lowest BCUT2D eigenvalue weighted by Crippen LogP contribution is -2.35. The molecule has 2 aromatic heterocycles. The van der Waals surface area contributed by atoms with E-state index in [0.29, 0.717) is 33.9 Å². The summed E-state index contributed by atoms with van der Waals surface area (Å²) < 4.78 is 21.2. The van der Waals surface area contributed by atoms with Gasteiger partial charge in [0.1, 0.15) is 11.0 Å². The summed E-state index contributed by atoms with van der Waals surface area (Å²) in [6, 6.07) is 15.1. The predicted molar refractivity (Wildman–Crippen MR) is 147 cm³/mol. The maximum Gasteiger partial charge on any atom is 0.264 e. The van der Waals surface area contributed by atoms with E-state index in [4.69, 9.17) is 22.7 Å². The molecule has 3 heterocycles. The van der Waals surface area contributed by atoms with Crippen molar-refractivity contribution in [1.82, 2.24) is 20.2 Å². The molecule has 0 bridgehead atoms. The number of carbonyl (C=O) groups excluding carboxylic acids is 2. The van der Waals surface area contributed by atoms with Gasteiger partial charge in [0.15, 0.2) is 16.7 Å². The Morgan fingerprint density at radius 1 is 1.18 bits per heavy atom. The lowest BCUT2D eigenvalue weighted by atomic mass is 10.1. The fourth-order valence-corrected chi connectivity index (χ4v) is 5.25. The Hall–Kier alpha value is -4.00. The number of thiocarbonyl (C=S) groups is 1. The van der Waals surface area contributed by atoms with Crippen LogP contribution in [0.2, 0.25) is 0 Å². The van der Waals surface area contributed by atoms with Crippen molar-refractivity contribution in [2.45, 2.75) is 18.9 Å². The fourth-order valence-electron chi connectivity index (χ4n) is 4.02. The number of ether oxygens (including phenoxy) is 1. The molecular formula is C26H23FN6O3S2. The number of hydrogen-bond donors (Lipinski definition) is 3. The largest absolute Gasteiger partial charge is 0.434 e. The molecule has 4 N–H and O–H groups in total. The smallest absolute Gasteiger partial charge is 0.264 e. The number of carbonyl (C=O) groups is 2. The van der Waals surface area contributed by atoms with E-state index in [9.17, 15) is 14.0 Å². The second-order valence-electron chi connectivity index (χ2n) is 8.72. The Kier molecular flexibility index (Phi) is 7.54. The molecule has 1 unspecified atom stereocenters. The van der Waals surface area contributed by atoms with Crippen LogP contribution in [-0.2, 0) is 11.2 Å². The Morgan fingerprint density at radius 3 is 2.74 bits per heavy atom. The second kappa shape index (κ2) is 11.2. The highest BCUT2D eigenvalue weighted by Crippen LogP contribution is 2.35. The summed E-state index contributed by atoms with van der Waals surface area (Å²) in [5, 5.41) is 5.42. The van der Waals surface area contributed by atoms with Crippen molar-refractivity contribution in [2.24, 2.45) is 5.73 Å². The monoisotopic (exact) mass is 550 g/mol. The molecule has 0 aliphatic carbocycles. The number of nitrogens with two attached hydrogens (primary N) is 1. The van der Waals surface area contributed by atoms with Gasteiger partial charge in [-0.15, -0.1) is 11.3 Å². The van der Waals surface area contributed by atoms with Gasteiger partial charge in [0.25, 0.3) is 5.91 Å². The number of benzene rings is 2. The molecule has 0 saturated carbocycles. The van der Waals surface area contributed by atoms with E-state index in [-0.39, 0.29) is 41.0 Å². The third kappa shape index (κ3) is 5.93. The van der Waals surface area contributed by atoms with E-state index in [1.165, 1.54) is 29.8 Å². The number of anilines is 1. The molecule has 1 aliphatic rings. The number of aromatic nitrogens is 2. The van der Waals surface area contributed by atoms with Gasteiger partial charge in [-0.1, -0.05) is 30.3 Å². The van der Waals surface area contributed by atoms with Crippen LogP contribution in [0.25, 0.3) is 10.2 Å². The van der Waals surface area contributed by atoms with Gasteiger partial charge in [-0.3, -0.25) is 9.59 Å². The molecule has 1 saturated heterocycles. The van der Waals surface area contributed by atoms with Crippen molar-refractivity contribution >= 4 is 56.4 Å². The Bertz CT molecular complexity index is 1510. The summed E-state index contributed by atoms with van der Waals surface area (Å²) >= 11 is 6.37. The molecule has 4 aromatic rings. The first-order valence-electron chi connectivity index (χ1n) is 11.8. The summed E-state index contributed by atoms with van der Waals surface area (Å²) in [5.41, 5.74) is 7.64. The van der Waals surface area contributed by atoms with Crippen molar-refractivity contribution in [3.63, 3.8) is 0 Å². The minimum absolute atomic E-state index is 0.0210. The van der Waals surface area contributed by atoms with Crippen LogP contribution in [0.3, 0.4) is 0 Å². The summed E-state index contributed by atoms with van der Waals surface area (Å²) in [6.45, 7) is 1.11. The number of nitrogens with one attached hydrogen (secondary N) is 2. The molecule has 38 heavy (non-hydrogen) atoms. The number of hydrogen-bond acceptors (Lipinski definition) is 8. The zero-order valence-corrected chi connectivity index (χ0v) is 21.7. The SMILES string of the molecule is NC1CCN(C(=O)c2cc3ncnc(Oc4ccc(NC(=S)NC(=O)Cc5ccccc5)cc4F)c3s2)C1. The maximum absolute atomic E-state index is 14.9. The first-order chi connectivity index (χ1) is 18.4. The highest BCUT2D eigenvalue weighted by atomic mass is 32.1. The maximum atomic E-state index is 14.9. The number of nitrogens with zero attached hydrogens (tertiary/aromatic N) is 3. The number of likely N-dealkylation sites (tertiary alicyclic amines) is 1. The van der Waals surface area contributed by atoms with Gasteiger partial charge >= 0.3 is 0 Å². The van der Waals surface area contributed by atoms with Crippen LogP contribution in [0.4, 0.5) is 10.1 Å². The molecule has 9 nitrogen and oxygen atoms in total. The number of fused-ring (bicyclic) bond motifs is 1. The van der Waals surface area contributed by atoms with E-state index >= 15 is 0 Å². The Labute approximate surface area is 226 Å². The van der Waals surface area contributed by atoms with Gasteiger partial charge in [-0.05, 0) is 42.4 Å². The molecule has 1 aliphatic heterocycles. The molecule has 0 spiro atoms. The number of thiophene rings is 1. The quantitative estimate of drug-likeness (QED) is 0.310. The van der Waals surface area contributed by atoms with Gasteiger partial charge in [0.05, 0.1) is 16.8 Å². The van der Waals surface area contributed by atoms with Crippen LogP contribution in [0.1, 0.15) is 21.7 Å². The molecule has 2 aromatic carbocycles. The summed E-state index contributed by atoms with van der Waals surface area (Å²) in [6.07, 6.45) is 2.23. The Morgan fingerprint density at radius 2 is 2.00 bits per heavy atom. The third-order valence-corrected chi connectivity index (χ3v) is 7.16. The average Bonchev–Trinajstić information content (AvgIpc) is 3.52. The topological polar surface area (TPSA) is 122 Å². The van der Waals surface area contributed by atoms with E-state index in [1.807, 2.05) is 30.3 Å². The lowest BCUT2D eigenvalue weighted by molar-refractivity contribution is -0.119. The molecule has 12 heteroatoms. The van der Waals surface area contributed by atoms with Gasteiger partial charge in [0, 0.05) is 30.9 Å². The molecule has 1 atom stereocenters. The first-order valence-corrected chi connectivity index (χ1v) is 13.0. The lowest BCUT2D eigenvalue weighted by Gasteiger charge is -2.13. The van der Waals surface area contributed by atoms with Crippen LogP contribution in [-0.4, -0.2) is 50.9 Å². The van der Waals surface area contributed by atoms with E-state index in [1.54, 1.807) is 17.0 Å². The minimum atomic E-state index is -0.668.